The van der Waals surface area contributed by atoms with E-state index in [1.807, 2.05) is 42.5 Å². The number of aliphatic hydroxyl groups is 1. The smallest absolute Gasteiger partial charge is 0.310 e. The van der Waals surface area contributed by atoms with Crippen LogP contribution in [0.25, 0.3) is 10.8 Å². The number of carboxylic acid groups (broad SMARTS) is 1. The Labute approximate surface area is 211 Å². The van der Waals surface area contributed by atoms with Gasteiger partial charge in [-0.15, -0.1) is 6.58 Å². The van der Waals surface area contributed by atoms with Crippen molar-refractivity contribution in [3.8, 4) is 0 Å². The number of aliphatic carboxylic acids is 1. The van der Waals surface area contributed by atoms with E-state index in [2.05, 4.69) is 22.5 Å². The first-order chi connectivity index (χ1) is 16.8. The van der Waals surface area contributed by atoms with Crippen molar-refractivity contribution < 1.29 is 29.3 Å². The number of alkyl halides is 1. The minimum absolute atomic E-state index is 0.136. The van der Waals surface area contributed by atoms with E-state index in [1.165, 1.54) is 4.90 Å². The van der Waals surface area contributed by atoms with Gasteiger partial charge in [0.25, 0.3) is 5.91 Å². The van der Waals surface area contributed by atoms with Crippen LogP contribution in [-0.2, 0) is 19.1 Å². The lowest BCUT2D eigenvalue weighted by Crippen LogP contribution is -2.57. The number of aliphatic hydroxyl groups excluding tert-OH is 1. The summed E-state index contributed by atoms with van der Waals surface area (Å²) in [5.74, 6) is -3.84. The minimum Gasteiger partial charge on any atom is -0.481 e. The Morgan fingerprint density at radius 2 is 2.00 bits per heavy atom. The van der Waals surface area contributed by atoms with E-state index in [0.717, 1.165) is 10.8 Å². The van der Waals surface area contributed by atoms with E-state index in [1.54, 1.807) is 11.0 Å². The molecule has 5 rings (SSSR count). The Kier molecular flexibility index (Phi) is 6.19. The molecule has 6 atom stereocenters. The zero-order valence-corrected chi connectivity index (χ0v) is 20.6. The molecule has 2 amide bonds. The van der Waals surface area contributed by atoms with E-state index >= 15 is 0 Å². The number of ether oxygens (including phenoxy) is 1. The highest BCUT2D eigenvalue weighted by molar-refractivity contribution is 9.09. The normalized spacial score (nSPS) is 31.1. The van der Waals surface area contributed by atoms with Crippen molar-refractivity contribution in [2.45, 2.75) is 35.4 Å². The van der Waals surface area contributed by atoms with E-state index in [4.69, 9.17) is 4.74 Å². The summed E-state index contributed by atoms with van der Waals surface area (Å²) in [6.45, 7) is 4.00. The van der Waals surface area contributed by atoms with Gasteiger partial charge in [0.15, 0.2) is 0 Å². The first-order valence-electron chi connectivity index (χ1n) is 11.7. The molecular formula is C26H27BrN2O6. The van der Waals surface area contributed by atoms with Crippen molar-refractivity contribution in [3.05, 3.63) is 55.1 Å². The molecule has 9 heteroatoms. The topological polar surface area (TPSA) is 107 Å². The summed E-state index contributed by atoms with van der Waals surface area (Å²) in [6.07, 6.45) is 1.56. The summed E-state index contributed by atoms with van der Waals surface area (Å²) in [5, 5.41) is 21.4. The molecule has 2 bridgehead atoms. The van der Waals surface area contributed by atoms with Crippen LogP contribution in [0.2, 0.25) is 0 Å². The lowest BCUT2D eigenvalue weighted by molar-refractivity contribution is -0.149. The first kappa shape index (κ1) is 24.0. The molecule has 3 aliphatic rings. The third-order valence-electron chi connectivity index (χ3n) is 7.49. The SMILES string of the molecule is C=CCN(C(=O)C1N(CCCO)C(=O)[C@@H]2[C@@H](C(=O)O)[C@@H]3OC12CC3Br)c1ccc2ccccc2c1. The van der Waals surface area contributed by atoms with Crippen molar-refractivity contribution in [3.63, 3.8) is 0 Å². The van der Waals surface area contributed by atoms with Crippen molar-refractivity contribution >= 4 is 50.2 Å². The van der Waals surface area contributed by atoms with Crippen LogP contribution in [-0.4, -0.2) is 75.2 Å². The molecule has 2 aromatic carbocycles. The van der Waals surface area contributed by atoms with E-state index in [-0.39, 0.29) is 36.9 Å². The van der Waals surface area contributed by atoms with E-state index in [0.29, 0.717) is 12.1 Å². The van der Waals surface area contributed by atoms with E-state index < -0.39 is 41.5 Å². The highest BCUT2D eigenvalue weighted by atomic mass is 79.9. The molecule has 2 aromatic rings. The van der Waals surface area contributed by atoms with Crippen molar-refractivity contribution in [1.29, 1.82) is 0 Å². The lowest BCUT2D eigenvalue weighted by Gasteiger charge is -2.37. The largest absolute Gasteiger partial charge is 0.481 e. The number of carbonyl (C=O) groups excluding carboxylic acids is 2. The molecule has 0 aliphatic carbocycles. The number of hydrogen-bond donors (Lipinski definition) is 2. The molecule has 0 aromatic heterocycles. The molecule has 1 spiro atoms. The number of nitrogens with zero attached hydrogens (tertiary/aromatic N) is 2. The fraction of sp³-hybridized carbons (Fsp3) is 0.423. The van der Waals surface area contributed by atoms with Crippen LogP contribution in [0.1, 0.15) is 12.8 Å². The quantitative estimate of drug-likeness (QED) is 0.392. The fourth-order valence-corrected chi connectivity index (χ4v) is 7.06. The number of amides is 2. The average Bonchev–Trinajstić information content (AvgIpc) is 3.44. The molecule has 3 aliphatic heterocycles. The van der Waals surface area contributed by atoms with Gasteiger partial charge in [0, 0.05) is 30.2 Å². The molecule has 0 saturated carbocycles. The molecule has 3 fully saturated rings. The first-order valence-corrected chi connectivity index (χ1v) is 12.6. The monoisotopic (exact) mass is 542 g/mol. The number of anilines is 1. The molecule has 3 saturated heterocycles. The zero-order valence-electron chi connectivity index (χ0n) is 19.0. The maximum Gasteiger partial charge on any atom is 0.310 e. The van der Waals surface area contributed by atoms with Crippen molar-refractivity contribution in [2.24, 2.45) is 11.8 Å². The number of likely N-dealkylation sites (tertiary alicyclic amines) is 1. The third-order valence-corrected chi connectivity index (χ3v) is 8.33. The number of carboxylic acids is 1. The number of halogens is 1. The summed E-state index contributed by atoms with van der Waals surface area (Å²) in [7, 11) is 0. The van der Waals surface area contributed by atoms with E-state index in [9.17, 15) is 24.6 Å². The van der Waals surface area contributed by atoms with Crippen LogP contribution < -0.4 is 4.90 Å². The summed E-state index contributed by atoms with van der Waals surface area (Å²) in [4.78, 5) is 42.8. The van der Waals surface area contributed by atoms with Gasteiger partial charge in [-0.05, 0) is 35.7 Å². The lowest BCUT2D eigenvalue weighted by atomic mass is 9.70. The second kappa shape index (κ2) is 9.04. The Balaban J connectivity index is 1.59. The van der Waals surface area contributed by atoms with Crippen LogP contribution in [0.15, 0.2) is 55.1 Å². The van der Waals surface area contributed by atoms with Crippen LogP contribution >= 0.6 is 15.9 Å². The Morgan fingerprint density at radius 3 is 2.69 bits per heavy atom. The van der Waals surface area contributed by atoms with Gasteiger partial charge in [-0.2, -0.15) is 0 Å². The highest BCUT2D eigenvalue weighted by Gasteiger charge is 2.76. The minimum atomic E-state index is -1.25. The molecule has 3 heterocycles. The van der Waals surface area contributed by atoms with Crippen LogP contribution in [0, 0.1) is 11.8 Å². The summed E-state index contributed by atoms with van der Waals surface area (Å²) in [5.41, 5.74) is -0.595. The van der Waals surface area contributed by atoms with Gasteiger partial charge in [-0.1, -0.05) is 52.3 Å². The number of hydrogen-bond acceptors (Lipinski definition) is 5. The van der Waals surface area contributed by atoms with Gasteiger partial charge in [0.1, 0.15) is 11.6 Å². The molecule has 8 nitrogen and oxygen atoms in total. The third kappa shape index (κ3) is 3.59. The molecule has 2 N–H and O–H groups in total. The predicted molar refractivity (Wildman–Crippen MR) is 133 cm³/mol. The van der Waals surface area contributed by atoms with Gasteiger partial charge in [0.05, 0.1) is 17.9 Å². The standard InChI is InChI=1S/C26H27BrN2O6/c1-2-10-28(17-9-8-15-6-3-4-7-16(15)13-17)24(32)22-26-14-18(27)21(35-26)19(25(33)34)20(26)23(31)29(22)11-5-12-30/h2-4,6-9,13,18-22,30H,1,5,10-12,14H2,(H,33,34)/t18?,19-,20+,21-,22?,26?/m1/s1. The summed E-state index contributed by atoms with van der Waals surface area (Å²) in [6, 6.07) is 12.5. The summed E-state index contributed by atoms with van der Waals surface area (Å²) >= 11 is 3.55. The maximum absolute atomic E-state index is 14.3. The Hall–Kier alpha value is -2.75. The highest BCUT2D eigenvalue weighted by Crippen LogP contribution is 2.60. The number of rotatable bonds is 8. The van der Waals surface area contributed by atoms with Gasteiger partial charge in [0.2, 0.25) is 5.91 Å². The van der Waals surface area contributed by atoms with Crippen LogP contribution in [0.3, 0.4) is 0 Å². The van der Waals surface area contributed by atoms with Gasteiger partial charge < -0.3 is 24.7 Å². The van der Waals surface area contributed by atoms with Crippen LogP contribution in [0.5, 0.6) is 0 Å². The van der Waals surface area contributed by atoms with Gasteiger partial charge in [-0.25, -0.2) is 0 Å². The van der Waals surface area contributed by atoms with Crippen LogP contribution in [0.4, 0.5) is 5.69 Å². The second-order valence-electron chi connectivity index (χ2n) is 9.38. The average molecular weight is 543 g/mol. The molecule has 35 heavy (non-hydrogen) atoms. The Morgan fingerprint density at radius 1 is 1.26 bits per heavy atom. The molecule has 0 radical (unpaired) electrons. The Bertz CT molecular complexity index is 1200. The molecule has 3 unspecified atom stereocenters. The molecular weight excluding hydrogens is 516 g/mol. The van der Waals surface area contributed by atoms with Gasteiger partial charge in [-0.3, -0.25) is 14.4 Å². The zero-order chi connectivity index (χ0) is 24.9. The fourth-order valence-electron chi connectivity index (χ4n) is 6.12. The number of carbonyl (C=O) groups is 3. The molecule has 184 valence electrons. The van der Waals surface area contributed by atoms with Crippen molar-refractivity contribution in [2.75, 3.05) is 24.6 Å². The van der Waals surface area contributed by atoms with Gasteiger partial charge >= 0.3 is 5.97 Å². The number of benzene rings is 2. The van der Waals surface area contributed by atoms with Crippen molar-refractivity contribution in [1.82, 2.24) is 4.90 Å². The predicted octanol–water partition coefficient (Wildman–Crippen LogP) is 2.57. The number of fused-ring (bicyclic) bond motifs is 2. The second-order valence-corrected chi connectivity index (χ2v) is 10.6. The maximum atomic E-state index is 14.3. The summed E-state index contributed by atoms with van der Waals surface area (Å²) < 4.78 is 6.29.